The van der Waals surface area contributed by atoms with Crippen molar-refractivity contribution >= 4 is 23.7 Å². The van der Waals surface area contributed by atoms with Gasteiger partial charge in [0.25, 0.3) is 0 Å². The average Bonchev–Trinajstić information content (AvgIpc) is 2.94. The van der Waals surface area contributed by atoms with Crippen LogP contribution in [0.15, 0.2) is 108 Å². The fourth-order valence-electron chi connectivity index (χ4n) is 3.94. The molecule has 3 N–H and O–H groups in total. The molecule has 0 aliphatic heterocycles. The minimum absolute atomic E-state index is 0.0373. The minimum Gasteiger partial charge on any atom is -0.444 e. The van der Waals surface area contributed by atoms with Crippen molar-refractivity contribution in [2.45, 2.75) is 26.6 Å². The minimum atomic E-state index is -0.777. The Balaban J connectivity index is 1.54. The molecule has 0 unspecified atom stereocenters. The number of ether oxygens (including phenoxy) is 2. The second kappa shape index (κ2) is 12.9. The molecule has 0 atom stereocenters. The Morgan fingerprint density at radius 3 is 1.84 bits per heavy atom. The fraction of sp³-hybridized carbons (Fsp3) is 0.129. The van der Waals surface area contributed by atoms with Crippen molar-refractivity contribution in [3.05, 3.63) is 137 Å². The second-order valence-corrected chi connectivity index (χ2v) is 8.65. The third kappa shape index (κ3) is 7.30. The predicted octanol–water partition coefficient (Wildman–Crippen LogP) is 6.38. The maximum atomic E-state index is 12.5. The van der Waals surface area contributed by atoms with E-state index < -0.39 is 12.2 Å². The van der Waals surface area contributed by atoms with E-state index in [1.807, 2.05) is 97.9 Å². The maximum absolute atomic E-state index is 12.5. The van der Waals surface area contributed by atoms with E-state index in [1.54, 1.807) is 12.1 Å². The highest BCUT2D eigenvalue weighted by molar-refractivity contribution is 6.04. The number of benzene rings is 4. The number of nitrogens with zero attached hydrogens (tertiary/aromatic N) is 1. The fourth-order valence-corrected chi connectivity index (χ4v) is 3.94. The van der Waals surface area contributed by atoms with Gasteiger partial charge in [0.1, 0.15) is 19.0 Å². The van der Waals surface area contributed by atoms with Gasteiger partial charge in [-0.05, 0) is 53.3 Å². The van der Waals surface area contributed by atoms with Crippen LogP contribution in [0, 0.1) is 6.92 Å². The molecule has 0 saturated carbocycles. The van der Waals surface area contributed by atoms with Gasteiger partial charge >= 0.3 is 12.2 Å². The number of rotatable bonds is 8. The summed E-state index contributed by atoms with van der Waals surface area (Å²) < 4.78 is 10.6. The Kier molecular flexibility index (Phi) is 8.86. The molecule has 0 aromatic heterocycles. The average molecular weight is 508 g/mol. The standard InChI is InChI=1S/C31H29N3O4/c1-22-27(19-23-11-5-2-6-12-23)26(29(32)34-31(36)38-21-25-15-9-4-10-16-25)17-18-28(22)33-30(35)37-20-24-13-7-3-8-14-24/h2-18H,19-21H2,1H3,(H,33,35)(H2,32,34,36). The summed E-state index contributed by atoms with van der Waals surface area (Å²) in [5, 5.41) is 2.82. The molecule has 7 nitrogen and oxygen atoms in total. The number of nitrogens with one attached hydrogen (secondary N) is 1. The van der Waals surface area contributed by atoms with E-state index in [4.69, 9.17) is 15.2 Å². The highest BCUT2D eigenvalue weighted by Gasteiger charge is 2.17. The van der Waals surface area contributed by atoms with Crippen LogP contribution in [0.25, 0.3) is 0 Å². The number of anilines is 1. The Morgan fingerprint density at radius 1 is 0.737 bits per heavy atom. The Morgan fingerprint density at radius 2 is 1.26 bits per heavy atom. The van der Waals surface area contributed by atoms with Gasteiger partial charge in [0.15, 0.2) is 0 Å². The zero-order valence-corrected chi connectivity index (χ0v) is 21.1. The molecule has 0 fully saturated rings. The number of aliphatic imine (C=N–C) groups is 1. The van der Waals surface area contributed by atoms with Gasteiger partial charge in [-0.1, -0.05) is 91.0 Å². The van der Waals surface area contributed by atoms with E-state index in [0.717, 1.165) is 27.8 Å². The molecule has 0 aliphatic carbocycles. The molecule has 38 heavy (non-hydrogen) atoms. The molecular formula is C31H29N3O4. The molecule has 0 bridgehead atoms. The van der Waals surface area contributed by atoms with Crippen LogP contribution in [0.5, 0.6) is 0 Å². The molecule has 0 heterocycles. The van der Waals surface area contributed by atoms with E-state index in [-0.39, 0.29) is 19.0 Å². The number of hydrogen-bond acceptors (Lipinski definition) is 4. The highest BCUT2D eigenvalue weighted by atomic mass is 16.6. The first-order chi connectivity index (χ1) is 18.5. The van der Waals surface area contributed by atoms with Crippen LogP contribution in [0.3, 0.4) is 0 Å². The molecule has 0 saturated heterocycles. The van der Waals surface area contributed by atoms with Gasteiger partial charge in [0.2, 0.25) is 0 Å². The number of carbonyl (C=O) groups is 2. The normalized spacial score (nSPS) is 11.0. The van der Waals surface area contributed by atoms with Crippen LogP contribution < -0.4 is 11.1 Å². The molecule has 4 rings (SSSR count). The van der Waals surface area contributed by atoms with Crippen molar-refractivity contribution in [2.24, 2.45) is 10.7 Å². The number of carbonyl (C=O) groups excluding carboxylic acids is 2. The van der Waals surface area contributed by atoms with Crippen LogP contribution >= 0.6 is 0 Å². The summed E-state index contributed by atoms with van der Waals surface area (Å²) in [6.07, 6.45) is -0.825. The second-order valence-electron chi connectivity index (χ2n) is 8.65. The zero-order chi connectivity index (χ0) is 26.7. The van der Waals surface area contributed by atoms with Gasteiger partial charge < -0.3 is 15.2 Å². The topological polar surface area (TPSA) is 103 Å². The first-order valence-electron chi connectivity index (χ1n) is 12.2. The van der Waals surface area contributed by atoms with Crippen LogP contribution in [-0.2, 0) is 29.1 Å². The van der Waals surface area contributed by atoms with Crippen LogP contribution in [0.1, 0.15) is 33.4 Å². The van der Waals surface area contributed by atoms with E-state index >= 15 is 0 Å². The molecule has 192 valence electrons. The summed E-state index contributed by atoms with van der Waals surface area (Å²) in [7, 11) is 0. The van der Waals surface area contributed by atoms with Crippen molar-refractivity contribution in [2.75, 3.05) is 5.32 Å². The van der Waals surface area contributed by atoms with Crippen molar-refractivity contribution in [3.63, 3.8) is 0 Å². The first-order valence-corrected chi connectivity index (χ1v) is 12.2. The summed E-state index contributed by atoms with van der Waals surface area (Å²) >= 11 is 0. The molecule has 2 amide bonds. The molecule has 4 aromatic carbocycles. The molecule has 7 heteroatoms. The maximum Gasteiger partial charge on any atom is 0.435 e. The molecule has 0 aliphatic rings. The van der Waals surface area contributed by atoms with Gasteiger partial charge in [-0.2, -0.15) is 4.99 Å². The van der Waals surface area contributed by atoms with Crippen LogP contribution in [-0.4, -0.2) is 18.0 Å². The van der Waals surface area contributed by atoms with Gasteiger partial charge in [-0.3, -0.25) is 5.32 Å². The van der Waals surface area contributed by atoms with E-state index in [9.17, 15) is 9.59 Å². The smallest absolute Gasteiger partial charge is 0.435 e. The Bertz CT molecular complexity index is 1410. The molecule has 0 spiro atoms. The highest BCUT2D eigenvalue weighted by Crippen LogP contribution is 2.26. The monoisotopic (exact) mass is 507 g/mol. The van der Waals surface area contributed by atoms with Crippen molar-refractivity contribution in [1.82, 2.24) is 0 Å². The zero-order valence-electron chi connectivity index (χ0n) is 21.1. The number of amidine groups is 1. The quantitative estimate of drug-likeness (QED) is 0.213. The van der Waals surface area contributed by atoms with Crippen LogP contribution in [0.2, 0.25) is 0 Å². The largest absolute Gasteiger partial charge is 0.444 e. The summed E-state index contributed by atoms with van der Waals surface area (Å²) in [5.74, 6) is 0.0373. The summed E-state index contributed by atoms with van der Waals surface area (Å²) in [6.45, 7) is 2.14. The lowest BCUT2D eigenvalue weighted by Crippen LogP contribution is -2.20. The van der Waals surface area contributed by atoms with E-state index in [0.29, 0.717) is 17.7 Å². The lowest BCUT2D eigenvalue weighted by molar-refractivity contribution is 0.150. The third-order valence-electron chi connectivity index (χ3n) is 5.96. The Hall–Kier alpha value is -4.91. The lowest BCUT2D eigenvalue weighted by Gasteiger charge is -2.17. The van der Waals surface area contributed by atoms with E-state index in [2.05, 4.69) is 10.3 Å². The third-order valence-corrected chi connectivity index (χ3v) is 5.96. The van der Waals surface area contributed by atoms with Crippen molar-refractivity contribution in [1.29, 1.82) is 0 Å². The van der Waals surface area contributed by atoms with Gasteiger partial charge in [0, 0.05) is 11.3 Å². The number of amides is 2. The van der Waals surface area contributed by atoms with Gasteiger partial charge in [0.05, 0.1) is 0 Å². The predicted molar refractivity (Wildman–Crippen MR) is 148 cm³/mol. The van der Waals surface area contributed by atoms with E-state index in [1.165, 1.54) is 0 Å². The summed E-state index contributed by atoms with van der Waals surface area (Å²) in [5.41, 5.74) is 11.9. The number of hydrogen-bond donors (Lipinski definition) is 2. The molecular weight excluding hydrogens is 478 g/mol. The SMILES string of the molecule is Cc1c(NC(=O)OCc2ccccc2)ccc(C(N)=NC(=O)OCc2ccccc2)c1Cc1ccccc1. The Labute approximate surface area is 221 Å². The summed E-state index contributed by atoms with van der Waals surface area (Å²) in [4.78, 5) is 28.9. The van der Waals surface area contributed by atoms with Crippen molar-refractivity contribution in [3.8, 4) is 0 Å². The number of nitrogens with two attached hydrogens (primary N) is 1. The van der Waals surface area contributed by atoms with Gasteiger partial charge in [-0.15, -0.1) is 0 Å². The lowest BCUT2D eigenvalue weighted by atomic mass is 9.93. The molecule has 0 radical (unpaired) electrons. The van der Waals surface area contributed by atoms with Crippen molar-refractivity contribution < 1.29 is 19.1 Å². The summed E-state index contributed by atoms with van der Waals surface area (Å²) in [6, 6.07) is 32.1. The van der Waals surface area contributed by atoms with Crippen LogP contribution in [0.4, 0.5) is 15.3 Å². The molecule has 4 aromatic rings. The van der Waals surface area contributed by atoms with Gasteiger partial charge in [-0.25, -0.2) is 9.59 Å². The first kappa shape index (κ1) is 26.2.